The quantitative estimate of drug-likeness (QED) is 0.793. The minimum atomic E-state index is 0.634. The summed E-state index contributed by atoms with van der Waals surface area (Å²) in [5.41, 5.74) is 2.66. The number of hydrogen-bond donors (Lipinski definition) is 2. The molecule has 3 nitrogen and oxygen atoms in total. The summed E-state index contributed by atoms with van der Waals surface area (Å²) in [6.45, 7) is 6.98. The third-order valence-electron chi connectivity index (χ3n) is 2.65. The Labute approximate surface area is 97.0 Å². The SMILES string of the molecule is CC(C)CNC1=NCc2ccccc2CN1. The van der Waals surface area contributed by atoms with Gasteiger partial charge in [-0.15, -0.1) is 0 Å². The van der Waals surface area contributed by atoms with Crippen molar-refractivity contribution >= 4 is 5.96 Å². The molecule has 2 N–H and O–H groups in total. The lowest BCUT2D eigenvalue weighted by Gasteiger charge is -2.11. The highest BCUT2D eigenvalue weighted by Gasteiger charge is 2.08. The maximum absolute atomic E-state index is 4.53. The van der Waals surface area contributed by atoms with E-state index in [1.807, 2.05) is 0 Å². The highest BCUT2D eigenvalue weighted by atomic mass is 15.2. The monoisotopic (exact) mass is 217 g/mol. The smallest absolute Gasteiger partial charge is 0.191 e. The van der Waals surface area contributed by atoms with Crippen molar-refractivity contribution in [2.45, 2.75) is 26.9 Å². The summed E-state index contributed by atoms with van der Waals surface area (Å²) < 4.78 is 0. The van der Waals surface area contributed by atoms with Gasteiger partial charge < -0.3 is 10.6 Å². The molecule has 0 amide bonds. The van der Waals surface area contributed by atoms with Crippen LogP contribution in [0.2, 0.25) is 0 Å². The molecule has 0 unspecified atom stereocenters. The van der Waals surface area contributed by atoms with Crippen LogP contribution < -0.4 is 10.6 Å². The molecule has 1 heterocycles. The van der Waals surface area contributed by atoms with Crippen molar-refractivity contribution in [1.82, 2.24) is 10.6 Å². The van der Waals surface area contributed by atoms with Crippen LogP contribution in [0, 0.1) is 5.92 Å². The second-order valence-corrected chi connectivity index (χ2v) is 4.56. The summed E-state index contributed by atoms with van der Waals surface area (Å²) in [4.78, 5) is 4.53. The largest absolute Gasteiger partial charge is 0.356 e. The first-order valence-corrected chi connectivity index (χ1v) is 5.84. The molecule has 3 heteroatoms. The zero-order valence-electron chi connectivity index (χ0n) is 9.96. The molecule has 1 aromatic carbocycles. The van der Waals surface area contributed by atoms with Crippen LogP contribution in [0.25, 0.3) is 0 Å². The van der Waals surface area contributed by atoms with E-state index in [2.05, 4.69) is 53.7 Å². The van der Waals surface area contributed by atoms with Gasteiger partial charge in [0.25, 0.3) is 0 Å². The van der Waals surface area contributed by atoms with Crippen molar-refractivity contribution in [2.24, 2.45) is 10.9 Å². The maximum atomic E-state index is 4.53. The highest BCUT2D eigenvalue weighted by Crippen LogP contribution is 2.11. The molecule has 0 aliphatic carbocycles. The molecule has 0 saturated heterocycles. The Morgan fingerprint density at radius 3 is 2.81 bits per heavy atom. The van der Waals surface area contributed by atoms with E-state index in [-0.39, 0.29) is 0 Å². The summed E-state index contributed by atoms with van der Waals surface area (Å²) in [6.07, 6.45) is 0. The molecular weight excluding hydrogens is 198 g/mol. The third kappa shape index (κ3) is 2.75. The molecule has 0 bridgehead atoms. The Bertz CT molecular complexity index is 383. The van der Waals surface area contributed by atoms with Crippen molar-refractivity contribution in [3.63, 3.8) is 0 Å². The van der Waals surface area contributed by atoms with Gasteiger partial charge in [0.1, 0.15) is 0 Å². The van der Waals surface area contributed by atoms with Crippen LogP contribution in [0.3, 0.4) is 0 Å². The van der Waals surface area contributed by atoms with Gasteiger partial charge >= 0.3 is 0 Å². The number of guanidine groups is 1. The molecule has 2 rings (SSSR count). The second-order valence-electron chi connectivity index (χ2n) is 4.56. The van der Waals surface area contributed by atoms with Gasteiger partial charge in [-0.3, -0.25) is 0 Å². The van der Waals surface area contributed by atoms with Gasteiger partial charge in [0.2, 0.25) is 0 Å². The van der Waals surface area contributed by atoms with Gasteiger partial charge in [0.05, 0.1) is 6.54 Å². The van der Waals surface area contributed by atoms with Crippen molar-refractivity contribution < 1.29 is 0 Å². The lowest BCUT2D eigenvalue weighted by Crippen LogP contribution is -2.38. The molecule has 1 aromatic rings. The fourth-order valence-corrected chi connectivity index (χ4v) is 1.70. The minimum Gasteiger partial charge on any atom is -0.356 e. The van der Waals surface area contributed by atoms with Gasteiger partial charge in [-0.1, -0.05) is 38.1 Å². The summed E-state index contributed by atoms with van der Waals surface area (Å²) >= 11 is 0. The average Bonchev–Trinajstić information content (AvgIpc) is 2.49. The van der Waals surface area contributed by atoms with Crippen LogP contribution in [0.15, 0.2) is 29.3 Å². The normalized spacial score (nSPS) is 14.8. The molecule has 1 aliphatic heterocycles. The van der Waals surface area contributed by atoms with E-state index in [9.17, 15) is 0 Å². The number of nitrogens with one attached hydrogen (secondary N) is 2. The predicted octanol–water partition coefficient (Wildman–Crippen LogP) is 1.89. The van der Waals surface area contributed by atoms with E-state index >= 15 is 0 Å². The summed E-state index contributed by atoms with van der Waals surface area (Å²) in [6, 6.07) is 8.45. The van der Waals surface area contributed by atoms with Crippen LogP contribution in [0.4, 0.5) is 0 Å². The van der Waals surface area contributed by atoms with Crippen LogP contribution >= 0.6 is 0 Å². The van der Waals surface area contributed by atoms with E-state index in [0.717, 1.165) is 25.6 Å². The first-order valence-electron chi connectivity index (χ1n) is 5.84. The van der Waals surface area contributed by atoms with Gasteiger partial charge in [-0.05, 0) is 17.0 Å². The van der Waals surface area contributed by atoms with Gasteiger partial charge in [0, 0.05) is 13.1 Å². The Morgan fingerprint density at radius 2 is 2.06 bits per heavy atom. The zero-order chi connectivity index (χ0) is 11.4. The molecule has 86 valence electrons. The number of aliphatic imine (C=N–C) groups is 1. The first kappa shape index (κ1) is 11.0. The van der Waals surface area contributed by atoms with E-state index in [4.69, 9.17) is 0 Å². The molecule has 0 atom stereocenters. The molecule has 0 spiro atoms. The summed E-state index contributed by atoms with van der Waals surface area (Å²) in [5.74, 6) is 1.56. The minimum absolute atomic E-state index is 0.634. The summed E-state index contributed by atoms with van der Waals surface area (Å²) in [7, 11) is 0. The lowest BCUT2D eigenvalue weighted by molar-refractivity contribution is 0.615. The number of fused-ring (bicyclic) bond motifs is 1. The van der Waals surface area contributed by atoms with Gasteiger partial charge in [-0.2, -0.15) is 0 Å². The van der Waals surface area contributed by atoms with E-state index in [1.165, 1.54) is 11.1 Å². The Hall–Kier alpha value is -1.51. The predicted molar refractivity (Wildman–Crippen MR) is 67.3 cm³/mol. The molecule has 0 radical (unpaired) electrons. The van der Waals surface area contributed by atoms with Crippen LogP contribution in [-0.4, -0.2) is 12.5 Å². The second kappa shape index (κ2) is 5.01. The van der Waals surface area contributed by atoms with E-state index in [1.54, 1.807) is 0 Å². The zero-order valence-corrected chi connectivity index (χ0v) is 9.96. The van der Waals surface area contributed by atoms with Crippen molar-refractivity contribution in [3.05, 3.63) is 35.4 Å². The summed E-state index contributed by atoms with van der Waals surface area (Å²) in [5, 5.41) is 6.67. The first-order chi connectivity index (χ1) is 7.75. The van der Waals surface area contributed by atoms with Crippen LogP contribution in [-0.2, 0) is 13.1 Å². The Balaban J connectivity index is 2.00. The Kier molecular flexibility index (Phi) is 3.44. The maximum Gasteiger partial charge on any atom is 0.191 e. The number of benzene rings is 1. The van der Waals surface area contributed by atoms with E-state index in [0.29, 0.717) is 5.92 Å². The fourth-order valence-electron chi connectivity index (χ4n) is 1.70. The molecule has 0 aromatic heterocycles. The van der Waals surface area contributed by atoms with Gasteiger partial charge in [0.15, 0.2) is 5.96 Å². The van der Waals surface area contributed by atoms with Crippen molar-refractivity contribution in [1.29, 1.82) is 0 Å². The van der Waals surface area contributed by atoms with Crippen molar-refractivity contribution in [2.75, 3.05) is 6.54 Å². The molecule has 1 aliphatic rings. The van der Waals surface area contributed by atoms with Gasteiger partial charge in [-0.25, -0.2) is 4.99 Å². The Morgan fingerprint density at radius 1 is 1.31 bits per heavy atom. The van der Waals surface area contributed by atoms with Crippen LogP contribution in [0.5, 0.6) is 0 Å². The number of nitrogens with zero attached hydrogens (tertiary/aromatic N) is 1. The molecule has 16 heavy (non-hydrogen) atoms. The fraction of sp³-hybridized carbons (Fsp3) is 0.462. The standard InChI is InChI=1S/C13H19N3/c1-10(2)7-14-13-15-8-11-5-3-4-6-12(11)9-16-13/h3-6,10H,7-9H2,1-2H3,(H2,14,15,16). The highest BCUT2D eigenvalue weighted by molar-refractivity contribution is 5.80. The number of hydrogen-bond acceptors (Lipinski definition) is 3. The van der Waals surface area contributed by atoms with E-state index < -0.39 is 0 Å². The molecule has 0 fully saturated rings. The van der Waals surface area contributed by atoms with Crippen LogP contribution in [0.1, 0.15) is 25.0 Å². The lowest BCUT2D eigenvalue weighted by atomic mass is 10.1. The third-order valence-corrected chi connectivity index (χ3v) is 2.65. The average molecular weight is 217 g/mol. The topological polar surface area (TPSA) is 36.4 Å². The molecule has 0 saturated carbocycles. The van der Waals surface area contributed by atoms with Crippen molar-refractivity contribution in [3.8, 4) is 0 Å². The molecular formula is C13H19N3. The number of rotatable bonds is 2.